The van der Waals surface area contributed by atoms with E-state index in [1.54, 1.807) is 0 Å². The zero-order valence-corrected chi connectivity index (χ0v) is 25.6. The van der Waals surface area contributed by atoms with Gasteiger partial charge in [0.15, 0.2) is 5.83 Å². The van der Waals surface area contributed by atoms with Gasteiger partial charge in [0, 0.05) is 50.4 Å². The van der Waals surface area contributed by atoms with Crippen LogP contribution in [0.1, 0.15) is 60.4 Å². The van der Waals surface area contributed by atoms with Crippen molar-refractivity contribution in [2.45, 2.75) is 75.2 Å². The first-order valence-electron chi connectivity index (χ1n) is 16.4. The standard InChI is InChI=1S/C34H39F2N7O2/c1-21(35)32(44)43-13-12-41(18-25(43)6-9-37)31-26-7-11-40(29-5-2-4-22-14-23-15-27(23)30(22)29)19-28(26)38-33(39-31)45-20-34-8-3-10-42(34)17-24(36)16-34/h2,4-5,23-25,27H,1,3,6-8,10-20H2/t23?,24-,25+,27?,34+/m1/s1. The van der Waals surface area contributed by atoms with E-state index in [2.05, 4.69) is 45.5 Å². The molecule has 1 aromatic carbocycles. The van der Waals surface area contributed by atoms with Gasteiger partial charge in [-0.15, -0.1) is 0 Å². The number of nitrogens with zero attached hydrogens (tertiary/aromatic N) is 7. The molecule has 0 spiro atoms. The van der Waals surface area contributed by atoms with Crippen molar-refractivity contribution in [1.29, 1.82) is 5.26 Å². The molecule has 5 heterocycles. The van der Waals surface area contributed by atoms with E-state index in [0.717, 1.165) is 55.3 Å². The Bertz CT molecular complexity index is 1590. The predicted octanol–water partition coefficient (Wildman–Crippen LogP) is 4.07. The van der Waals surface area contributed by atoms with E-state index < -0.39 is 23.9 Å². The topological polar surface area (TPSA) is 88.8 Å². The number of aromatic nitrogens is 2. The van der Waals surface area contributed by atoms with Crippen LogP contribution in [0, 0.1) is 17.2 Å². The SMILES string of the molecule is C=C(F)C(=O)N1CCN(c2nc(OC[C@@]34CCCN3C[C@H](F)C4)nc3c2CCN(c2cccc4c2C2CC2C4)C3)C[C@@H]1CC#N. The highest BCUT2D eigenvalue weighted by molar-refractivity contribution is 5.91. The number of halogens is 2. The quantitative estimate of drug-likeness (QED) is 0.431. The molecule has 0 bridgehead atoms. The Balaban J connectivity index is 1.11. The molecule has 2 aromatic rings. The number of piperazine rings is 1. The van der Waals surface area contributed by atoms with Crippen molar-refractivity contribution in [3.8, 4) is 12.1 Å². The smallest absolute Gasteiger partial charge is 0.318 e. The third-order valence-corrected chi connectivity index (χ3v) is 11.1. The zero-order valence-electron chi connectivity index (χ0n) is 25.6. The fourth-order valence-corrected chi connectivity index (χ4v) is 8.91. The van der Waals surface area contributed by atoms with Gasteiger partial charge in [-0.05, 0) is 67.7 Å². The zero-order chi connectivity index (χ0) is 30.9. The molecule has 1 amide bonds. The van der Waals surface area contributed by atoms with Gasteiger partial charge >= 0.3 is 6.01 Å². The third-order valence-electron chi connectivity index (χ3n) is 11.1. The molecule has 6 aliphatic rings. The maximum absolute atomic E-state index is 14.5. The molecule has 2 aliphatic carbocycles. The molecule has 8 rings (SSSR count). The van der Waals surface area contributed by atoms with Crippen molar-refractivity contribution in [1.82, 2.24) is 19.8 Å². The molecular weight excluding hydrogens is 576 g/mol. The van der Waals surface area contributed by atoms with Crippen LogP contribution in [0.5, 0.6) is 6.01 Å². The van der Waals surface area contributed by atoms with Crippen molar-refractivity contribution in [2.24, 2.45) is 5.92 Å². The van der Waals surface area contributed by atoms with Crippen LogP contribution >= 0.6 is 0 Å². The first-order valence-corrected chi connectivity index (χ1v) is 16.4. The summed E-state index contributed by atoms with van der Waals surface area (Å²) in [6, 6.07) is 8.63. The van der Waals surface area contributed by atoms with E-state index in [0.29, 0.717) is 45.1 Å². The largest absolute Gasteiger partial charge is 0.461 e. The van der Waals surface area contributed by atoms with Crippen molar-refractivity contribution in [3.05, 3.63) is 53.0 Å². The van der Waals surface area contributed by atoms with Crippen molar-refractivity contribution >= 4 is 17.4 Å². The van der Waals surface area contributed by atoms with Gasteiger partial charge in [0.2, 0.25) is 0 Å². The molecule has 3 saturated heterocycles. The fourth-order valence-electron chi connectivity index (χ4n) is 8.91. The first-order chi connectivity index (χ1) is 21.8. The number of hydrogen-bond acceptors (Lipinski definition) is 8. The molecule has 2 unspecified atom stereocenters. The summed E-state index contributed by atoms with van der Waals surface area (Å²) in [4.78, 5) is 30.7. The first kappa shape index (κ1) is 28.7. The molecule has 236 valence electrons. The van der Waals surface area contributed by atoms with Crippen LogP contribution in [0.4, 0.5) is 20.3 Å². The summed E-state index contributed by atoms with van der Waals surface area (Å²) in [5, 5.41) is 9.54. The Morgan fingerprint density at radius 2 is 2.07 bits per heavy atom. The van der Waals surface area contributed by atoms with E-state index >= 15 is 0 Å². The number of rotatable bonds is 7. The van der Waals surface area contributed by atoms with Gasteiger partial charge < -0.3 is 19.4 Å². The second-order valence-corrected chi connectivity index (χ2v) is 13.8. The van der Waals surface area contributed by atoms with Crippen LogP contribution in [-0.4, -0.2) is 89.3 Å². The summed E-state index contributed by atoms with van der Waals surface area (Å²) in [7, 11) is 0. The lowest BCUT2D eigenvalue weighted by molar-refractivity contribution is -0.131. The Hall–Kier alpha value is -3.78. The molecule has 9 nitrogen and oxygen atoms in total. The van der Waals surface area contributed by atoms with E-state index in [-0.39, 0.29) is 24.5 Å². The highest BCUT2D eigenvalue weighted by Gasteiger charge is 2.50. The summed E-state index contributed by atoms with van der Waals surface area (Å²) < 4.78 is 34.7. The minimum atomic E-state index is -1.02. The molecule has 1 saturated carbocycles. The van der Waals surface area contributed by atoms with Gasteiger partial charge in [-0.25, -0.2) is 8.78 Å². The number of hydrogen-bond donors (Lipinski definition) is 0. The molecule has 4 aliphatic heterocycles. The number of amides is 1. The average molecular weight is 616 g/mol. The van der Waals surface area contributed by atoms with Crippen molar-refractivity contribution in [2.75, 3.05) is 55.7 Å². The molecule has 45 heavy (non-hydrogen) atoms. The average Bonchev–Trinajstić information content (AvgIpc) is 3.36. The van der Waals surface area contributed by atoms with E-state index in [1.165, 1.54) is 34.6 Å². The number of nitriles is 1. The number of ether oxygens (including phenoxy) is 1. The van der Waals surface area contributed by atoms with Gasteiger partial charge in [-0.1, -0.05) is 18.7 Å². The summed E-state index contributed by atoms with van der Waals surface area (Å²) >= 11 is 0. The molecule has 0 N–H and O–H groups in total. The second kappa shape index (κ2) is 10.9. The van der Waals surface area contributed by atoms with Crippen molar-refractivity contribution in [3.63, 3.8) is 0 Å². The highest BCUT2D eigenvalue weighted by Crippen LogP contribution is 2.59. The number of anilines is 2. The van der Waals surface area contributed by atoms with Gasteiger partial charge in [0.1, 0.15) is 18.6 Å². The number of fused-ring (bicyclic) bond motifs is 5. The minimum Gasteiger partial charge on any atom is -0.461 e. The molecule has 11 heteroatoms. The van der Waals surface area contributed by atoms with Crippen LogP contribution in [0.15, 0.2) is 30.6 Å². The summed E-state index contributed by atoms with van der Waals surface area (Å²) in [6.45, 7) is 7.34. The number of carbonyl (C=O) groups is 1. The third kappa shape index (κ3) is 4.93. The Kier molecular flexibility index (Phi) is 6.97. The Labute approximate surface area is 262 Å². The van der Waals surface area contributed by atoms with Crippen molar-refractivity contribution < 1.29 is 18.3 Å². The molecular formula is C34H39F2N7O2. The minimum absolute atomic E-state index is 0.0734. The molecule has 0 radical (unpaired) electrons. The monoisotopic (exact) mass is 615 g/mol. The summed E-state index contributed by atoms with van der Waals surface area (Å²) in [5.41, 5.74) is 5.92. The summed E-state index contributed by atoms with van der Waals surface area (Å²) in [5.74, 6) is 0.431. The van der Waals surface area contributed by atoms with Gasteiger partial charge in [0.25, 0.3) is 5.91 Å². The van der Waals surface area contributed by atoms with Crippen LogP contribution in [0.2, 0.25) is 0 Å². The lowest BCUT2D eigenvalue weighted by Gasteiger charge is -2.42. The Morgan fingerprint density at radius 3 is 2.91 bits per heavy atom. The van der Waals surface area contributed by atoms with Crippen LogP contribution in [0.3, 0.4) is 0 Å². The maximum Gasteiger partial charge on any atom is 0.318 e. The van der Waals surface area contributed by atoms with E-state index in [1.807, 2.05) is 0 Å². The molecule has 5 atom stereocenters. The molecule has 4 fully saturated rings. The van der Waals surface area contributed by atoms with E-state index in [9.17, 15) is 18.8 Å². The maximum atomic E-state index is 14.5. The van der Waals surface area contributed by atoms with Gasteiger partial charge in [0.05, 0.1) is 36.3 Å². The van der Waals surface area contributed by atoms with Crippen LogP contribution in [0.25, 0.3) is 0 Å². The van der Waals surface area contributed by atoms with Crippen LogP contribution < -0.4 is 14.5 Å². The highest BCUT2D eigenvalue weighted by atomic mass is 19.1. The van der Waals surface area contributed by atoms with Gasteiger partial charge in [-0.2, -0.15) is 15.2 Å². The number of benzene rings is 1. The van der Waals surface area contributed by atoms with E-state index in [4.69, 9.17) is 14.7 Å². The second-order valence-electron chi connectivity index (χ2n) is 13.8. The molecule has 1 aromatic heterocycles. The normalized spacial score (nSPS) is 29.9. The predicted molar refractivity (Wildman–Crippen MR) is 165 cm³/mol. The van der Waals surface area contributed by atoms with Crippen LogP contribution in [-0.2, 0) is 24.2 Å². The fraction of sp³-hybridized carbons (Fsp3) is 0.588. The van der Waals surface area contributed by atoms with Gasteiger partial charge in [-0.3, -0.25) is 9.69 Å². The number of alkyl halides is 1. The number of carbonyl (C=O) groups excluding carboxylic acids is 1. The summed E-state index contributed by atoms with van der Waals surface area (Å²) in [6.07, 6.45) is 4.81. The Morgan fingerprint density at radius 1 is 1.18 bits per heavy atom. The lowest BCUT2D eigenvalue weighted by atomic mass is 9.95. The lowest BCUT2D eigenvalue weighted by Crippen LogP contribution is -2.55.